The molecular formula is C16H21N5. The Morgan fingerprint density at radius 3 is 2.38 bits per heavy atom. The van der Waals surface area contributed by atoms with Gasteiger partial charge in [0.05, 0.1) is 0 Å². The molecule has 0 atom stereocenters. The number of benzene rings is 1. The maximum Gasteiger partial charge on any atom is 0.163 e. The Labute approximate surface area is 125 Å². The Morgan fingerprint density at radius 1 is 0.952 bits per heavy atom. The molecule has 5 nitrogen and oxygen atoms in total. The van der Waals surface area contributed by atoms with Gasteiger partial charge in [-0.3, -0.25) is 0 Å². The molecule has 0 bridgehead atoms. The summed E-state index contributed by atoms with van der Waals surface area (Å²) in [5, 5.41) is 3.52. The SMILES string of the molecule is NNc1cc(NC2CCCCC2)nc(-c2ccccc2)n1. The molecule has 1 heterocycles. The number of anilines is 2. The van der Waals surface area contributed by atoms with Crippen molar-refractivity contribution in [3.8, 4) is 11.4 Å². The fourth-order valence-electron chi connectivity index (χ4n) is 2.77. The van der Waals surface area contributed by atoms with E-state index < -0.39 is 0 Å². The first-order valence-electron chi connectivity index (χ1n) is 7.53. The van der Waals surface area contributed by atoms with Gasteiger partial charge in [-0.1, -0.05) is 49.6 Å². The Balaban J connectivity index is 1.86. The van der Waals surface area contributed by atoms with E-state index in [0.29, 0.717) is 17.7 Å². The van der Waals surface area contributed by atoms with Crippen LogP contribution in [0.15, 0.2) is 36.4 Å². The van der Waals surface area contributed by atoms with Crippen molar-refractivity contribution in [3.63, 3.8) is 0 Å². The van der Waals surface area contributed by atoms with Gasteiger partial charge in [0.2, 0.25) is 0 Å². The number of aromatic nitrogens is 2. The number of hydrogen-bond acceptors (Lipinski definition) is 5. The quantitative estimate of drug-likeness (QED) is 0.593. The predicted octanol–water partition coefficient (Wildman–Crippen LogP) is 3.17. The Bertz CT molecular complexity index is 578. The summed E-state index contributed by atoms with van der Waals surface area (Å²) < 4.78 is 0. The van der Waals surface area contributed by atoms with E-state index in [2.05, 4.69) is 20.7 Å². The maximum atomic E-state index is 5.53. The highest BCUT2D eigenvalue weighted by Gasteiger charge is 2.14. The molecule has 1 aromatic heterocycles. The zero-order valence-electron chi connectivity index (χ0n) is 12.0. The Kier molecular flexibility index (Phi) is 4.31. The molecule has 0 aliphatic heterocycles. The molecule has 1 aliphatic rings. The first kappa shape index (κ1) is 13.8. The van der Waals surface area contributed by atoms with Crippen LogP contribution in [0.25, 0.3) is 11.4 Å². The van der Waals surface area contributed by atoms with E-state index in [1.807, 2.05) is 36.4 Å². The molecule has 1 saturated carbocycles. The lowest BCUT2D eigenvalue weighted by atomic mass is 9.95. The number of nitrogen functional groups attached to an aromatic ring is 1. The Morgan fingerprint density at radius 2 is 1.67 bits per heavy atom. The summed E-state index contributed by atoms with van der Waals surface area (Å²) in [5.74, 6) is 7.68. The summed E-state index contributed by atoms with van der Waals surface area (Å²) in [6, 6.07) is 12.3. The van der Waals surface area contributed by atoms with E-state index in [4.69, 9.17) is 5.84 Å². The summed E-state index contributed by atoms with van der Waals surface area (Å²) in [5.41, 5.74) is 3.61. The standard InChI is InChI=1S/C16H21N5/c17-21-15-11-14(18-13-9-5-2-6-10-13)19-16(20-15)12-7-3-1-4-8-12/h1,3-4,7-8,11,13H,2,5-6,9-10,17H2,(H2,18,19,20,21). The molecule has 110 valence electrons. The molecule has 1 aliphatic carbocycles. The summed E-state index contributed by atoms with van der Waals surface area (Å²) in [6.45, 7) is 0. The molecule has 4 N–H and O–H groups in total. The number of nitrogens with one attached hydrogen (secondary N) is 2. The van der Waals surface area contributed by atoms with Crippen molar-refractivity contribution in [2.75, 3.05) is 10.7 Å². The molecular weight excluding hydrogens is 262 g/mol. The van der Waals surface area contributed by atoms with Gasteiger partial charge in [-0.15, -0.1) is 0 Å². The van der Waals surface area contributed by atoms with Crippen LogP contribution in [0.3, 0.4) is 0 Å². The normalized spacial score (nSPS) is 15.7. The van der Waals surface area contributed by atoms with E-state index in [1.54, 1.807) is 0 Å². The molecule has 0 saturated heterocycles. The summed E-state index contributed by atoms with van der Waals surface area (Å²) >= 11 is 0. The lowest BCUT2D eigenvalue weighted by molar-refractivity contribution is 0.462. The minimum Gasteiger partial charge on any atom is -0.367 e. The van der Waals surface area contributed by atoms with Crippen LogP contribution < -0.4 is 16.6 Å². The molecule has 5 heteroatoms. The second-order valence-corrected chi connectivity index (χ2v) is 5.45. The number of hydrazine groups is 1. The fraction of sp³-hybridized carbons (Fsp3) is 0.375. The lowest BCUT2D eigenvalue weighted by Crippen LogP contribution is -2.23. The van der Waals surface area contributed by atoms with Crippen LogP contribution in [0.4, 0.5) is 11.6 Å². The molecule has 1 fully saturated rings. The fourth-order valence-corrected chi connectivity index (χ4v) is 2.77. The van der Waals surface area contributed by atoms with Crippen LogP contribution in [0.1, 0.15) is 32.1 Å². The van der Waals surface area contributed by atoms with Gasteiger partial charge in [0.15, 0.2) is 5.82 Å². The molecule has 0 amide bonds. The second kappa shape index (κ2) is 6.54. The molecule has 0 unspecified atom stereocenters. The number of hydrogen-bond donors (Lipinski definition) is 3. The molecule has 3 rings (SSSR count). The van der Waals surface area contributed by atoms with E-state index in [-0.39, 0.29) is 0 Å². The van der Waals surface area contributed by atoms with Crippen molar-refractivity contribution >= 4 is 11.6 Å². The van der Waals surface area contributed by atoms with Crippen molar-refractivity contribution < 1.29 is 0 Å². The van der Waals surface area contributed by atoms with Crippen molar-refractivity contribution in [3.05, 3.63) is 36.4 Å². The van der Waals surface area contributed by atoms with E-state index in [0.717, 1.165) is 11.4 Å². The molecule has 2 aromatic rings. The highest BCUT2D eigenvalue weighted by Crippen LogP contribution is 2.24. The molecule has 21 heavy (non-hydrogen) atoms. The van der Waals surface area contributed by atoms with E-state index in [1.165, 1.54) is 32.1 Å². The van der Waals surface area contributed by atoms with Gasteiger partial charge in [0.25, 0.3) is 0 Å². The van der Waals surface area contributed by atoms with Crippen molar-refractivity contribution in [2.45, 2.75) is 38.1 Å². The average Bonchev–Trinajstić information content (AvgIpc) is 2.56. The Hall–Kier alpha value is -2.14. The largest absolute Gasteiger partial charge is 0.367 e. The maximum absolute atomic E-state index is 5.53. The monoisotopic (exact) mass is 283 g/mol. The third-order valence-corrected chi connectivity index (χ3v) is 3.86. The van der Waals surface area contributed by atoms with Crippen LogP contribution in [0.2, 0.25) is 0 Å². The van der Waals surface area contributed by atoms with Gasteiger partial charge in [0.1, 0.15) is 11.6 Å². The van der Waals surface area contributed by atoms with Gasteiger partial charge in [-0.2, -0.15) is 0 Å². The minimum atomic E-state index is 0.503. The van der Waals surface area contributed by atoms with Crippen molar-refractivity contribution in [1.82, 2.24) is 9.97 Å². The van der Waals surface area contributed by atoms with Gasteiger partial charge >= 0.3 is 0 Å². The highest BCUT2D eigenvalue weighted by atomic mass is 15.3. The first-order chi connectivity index (χ1) is 10.3. The van der Waals surface area contributed by atoms with Gasteiger partial charge < -0.3 is 10.7 Å². The first-order valence-corrected chi connectivity index (χ1v) is 7.53. The third-order valence-electron chi connectivity index (χ3n) is 3.86. The van der Waals surface area contributed by atoms with E-state index in [9.17, 15) is 0 Å². The zero-order valence-corrected chi connectivity index (χ0v) is 12.0. The van der Waals surface area contributed by atoms with Crippen LogP contribution in [0, 0.1) is 0 Å². The van der Waals surface area contributed by atoms with Crippen molar-refractivity contribution in [1.29, 1.82) is 0 Å². The van der Waals surface area contributed by atoms with Gasteiger partial charge in [-0.25, -0.2) is 15.8 Å². The smallest absolute Gasteiger partial charge is 0.163 e. The highest BCUT2D eigenvalue weighted by molar-refractivity contribution is 5.61. The topological polar surface area (TPSA) is 75.9 Å². The molecule has 0 radical (unpaired) electrons. The van der Waals surface area contributed by atoms with Gasteiger partial charge in [0, 0.05) is 17.7 Å². The summed E-state index contributed by atoms with van der Waals surface area (Å²) in [6.07, 6.45) is 6.32. The zero-order chi connectivity index (χ0) is 14.5. The van der Waals surface area contributed by atoms with Crippen LogP contribution in [0.5, 0.6) is 0 Å². The number of nitrogens with zero attached hydrogens (tertiary/aromatic N) is 2. The van der Waals surface area contributed by atoms with Crippen LogP contribution in [-0.4, -0.2) is 16.0 Å². The van der Waals surface area contributed by atoms with Crippen LogP contribution >= 0.6 is 0 Å². The molecule has 1 aromatic carbocycles. The third kappa shape index (κ3) is 3.49. The summed E-state index contributed by atoms with van der Waals surface area (Å²) in [4.78, 5) is 9.06. The number of nitrogens with two attached hydrogens (primary N) is 1. The average molecular weight is 283 g/mol. The second-order valence-electron chi connectivity index (χ2n) is 5.45. The van der Waals surface area contributed by atoms with Crippen molar-refractivity contribution in [2.24, 2.45) is 5.84 Å². The number of rotatable bonds is 4. The van der Waals surface area contributed by atoms with E-state index >= 15 is 0 Å². The predicted molar refractivity (Wildman–Crippen MR) is 85.8 cm³/mol. The summed E-state index contributed by atoms with van der Waals surface area (Å²) in [7, 11) is 0. The molecule has 0 spiro atoms. The van der Waals surface area contributed by atoms with Crippen LogP contribution in [-0.2, 0) is 0 Å². The van der Waals surface area contributed by atoms with Gasteiger partial charge in [-0.05, 0) is 12.8 Å². The minimum absolute atomic E-state index is 0.503. The lowest BCUT2D eigenvalue weighted by Gasteiger charge is -2.23.